The van der Waals surface area contributed by atoms with Gasteiger partial charge < -0.3 is 9.84 Å². The number of esters is 1. The molecular weight excluding hydrogens is 144 g/mol. The van der Waals surface area contributed by atoms with Crippen LogP contribution >= 0.6 is 0 Å². The predicted molar refractivity (Wildman–Crippen MR) is 38.7 cm³/mol. The zero-order valence-corrected chi connectivity index (χ0v) is 7.71. The lowest BCUT2D eigenvalue weighted by Gasteiger charge is -1.98. The van der Waals surface area contributed by atoms with Crippen molar-refractivity contribution in [2.24, 2.45) is 0 Å². The minimum absolute atomic E-state index is 0. The third-order valence-corrected chi connectivity index (χ3v) is 0.890. The van der Waals surface area contributed by atoms with Gasteiger partial charge in [0.15, 0.2) is 0 Å². The van der Waals surface area contributed by atoms with E-state index in [9.17, 15) is 4.79 Å². The van der Waals surface area contributed by atoms with Crippen molar-refractivity contribution in [3.8, 4) is 0 Å². The van der Waals surface area contributed by atoms with E-state index in [-0.39, 0.29) is 23.1 Å². The van der Waals surface area contributed by atoms with E-state index in [2.05, 4.69) is 4.74 Å². The quantitative estimate of drug-likeness (QED) is 0.352. The molecule has 0 saturated carbocycles. The first-order valence-electron chi connectivity index (χ1n) is 3.07. The fourth-order valence-electron chi connectivity index (χ4n) is 0.376. The average molecular weight is 156 g/mol. The van der Waals surface area contributed by atoms with Crippen LogP contribution in [-0.4, -0.2) is 47.3 Å². The molecule has 0 aromatic heterocycles. The van der Waals surface area contributed by atoms with Crippen molar-refractivity contribution in [3.05, 3.63) is 0 Å². The van der Waals surface area contributed by atoms with Gasteiger partial charge in [-0.15, -0.1) is 0 Å². The molecule has 0 aliphatic carbocycles. The van der Waals surface area contributed by atoms with Crippen LogP contribution < -0.4 is 0 Å². The molecule has 3 nitrogen and oxygen atoms in total. The SMILES string of the molecule is CCCCOC(=O)CO.[Mg]. The molecule has 0 atom stereocenters. The van der Waals surface area contributed by atoms with E-state index in [1.54, 1.807) is 0 Å². The van der Waals surface area contributed by atoms with Crippen molar-refractivity contribution in [3.63, 3.8) is 0 Å². The van der Waals surface area contributed by atoms with Gasteiger partial charge in [0.2, 0.25) is 0 Å². The highest BCUT2D eigenvalue weighted by molar-refractivity contribution is 5.75. The lowest BCUT2D eigenvalue weighted by Crippen LogP contribution is -2.09. The zero-order chi connectivity index (χ0) is 7.11. The first-order valence-corrected chi connectivity index (χ1v) is 3.07. The van der Waals surface area contributed by atoms with Crippen LogP contribution in [0.15, 0.2) is 0 Å². The van der Waals surface area contributed by atoms with Crippen LogP contribution in [0, 0.1) is 0 Å². The summed E-state index contributed by atoms with van der Waals surface area (Å²) in [7, 11) is 0. The first-order chi connectivity index (χ1) is 4.31. The van der Waals surface area contributed by atoms with Crippen molar-refractivity contribution in [1.82, 2.24) is 0 Å². The summed E-state index contributed by atoms with van der Waals surface area (Å²) in [5.74, 6) is -0.538. The second kappa shape index (κ2) is 9.20. The van der Waals surface area contributed by atoms with Gasteiger partial charge in [0, 0.05) is 23.1 Å². The number of aliphatic hydroxyl groups is 1. The lowest BCUT2D eigenvalue weighted by molar-refractivity contribution is -0.146. The van der Waals surface area contributed by atoms with Crippen LogP contribution in [0.3, 0.4) is 0 Å². The molecule has 10 heavy (non-hydrogen) atoms. The Kier molecular flexibility index (Phi) is 11.8. The van der Waals surface area contributed by atoms with Crippen molar-refractivity contribution in [1.29, 1.82) is 0 Å². The van der Waals surface area contributed by atoms with E-state index in [1.165, 1.54) is 0 Å². The fraction of sp³-hybridized carbons (Fsp3) is 0.833. The zero-order valence-electron chi connectivity index (χ0n) is 6.30. The normalized spacial score (nSPS) is 8.20. The standard InChI is InChI=1S/C6H12O3.Mg/c1-2-3-4-9-6(8)5-7;/h7H,2-5H2,1H3;. The summed E-state index contributed by atoms with van der Waals surface area (Å²) in [5.41, 5.74) is 0. The van der Waals surface area contributed by atoms with Crippen molar-refractivity contribution in [2.75, 3.05) is 13.2 Å². The molecule has 1 N–H and O–H groups in total. The third kappa shape index (κ3) is 8.20. The van der Waals surface area contributed by atoms with E-state index in [0.29, 0.717) is 6.61 Å². The Morgan fingerprint density at radius 2 is 2.20 bits per heavy atom. The Morgan fingerprint density at radius 1 is 1.60 bits per heavy atom. The molecule has 0 aliphatic rings. The van der Waals surface area contributed by atoms with E-state index in [1.807, 2.05) is 6.92 Å². The molecule has 0 rings (SSSR count). The van der Waals surface area contributed by atoms with Crippen molar-refractivity contribution >= 4 is 29.0 Å². The average Bonchev–Trinajstić information content (AvgIpc) is 1.89. The van der Waals surface area contributed by atoms with Gasteiger partial charge in [-0.3, -0.25) is 0 Å². The maximum atomic E-state index is 10.2. The Balaban J connectivity index is 0. The minimum Gasteiger partial charge on any atom is -0.464 e. The highest BCUT2D eigenvalue weighted by Crippen LogP contribution is 1.87. The number of hydrogen-bond donors (Lipinski definition) is 1. The molecule has 0 fully saturated rings. The number of ether oxygens (including phenoxy) is 1. The number of carbonyl (C=O) groups excluding carboxylic acids is 1. The molecule has 0 amide bonds. The molecule has 2 radical (unpaired) electrons. The monoisotopic (exact) mass is 156 g/mol. The molecule has 0 aromatic rings. The molecule has 0 bridgehead atoms. The summed E-state index contributed by atoms with van der Waals surface area (Å²) >= 11 is 0. The van der Waals surface area contributed by atoms with Crippen LogP contribution in [0.25, 0.3) is 0 Å². The Hall–Kier alpha value is 0.196. The van der Waals surface area contributed by atoms with E-state index < -0.39 is 12.6 Å². The van der Waals surface area contributed by atoms with Gasteiger partial charge in [-0.2, -0.15) is 0 Å². The molecule has 0 saturated heterocycles. The maximum Gasteiger partial charge on any atom is 0.331 e. The van der Waals surface area contributed by atoms with Gasteiger partial charge >= 0.3 is 5.97 Å². The minimum atomic E-state index is -0.538. The summed E-state index contributed by atoms with van der Waals surface area (Å²) in [6, 6.07) is 0. The molecule has 4 heteroatoms. The predicted octanol–water partition coefficient (Wildman–Crippen LogP) is -0.0588. The molecular formula is C6H12MgO3. The second-order valence-electron chi connectivity index (χ2n) is 1.73. The van der Waals surface area contributed by atoms with Crippen LogP contribution in [0.1, 0.15) is 19.8 Å². The topological polar surface area (TPSA) is 46.5 Å². The van der Waals surface area contributed by atoms with Crippen molar-refractivity contribution < 1.29 is 14.6 Å². The summed E-state index contributed by atoms with van der Waals surface area (Å²) in [4.78, 5) is 10.2. The van der Waals surface area contributed by atoms with Gasteiger partial charge in [0.1, 0.15) is 6.61 Å². The van der Waals surface area contributed by atoms with Gasteiger partial charge in [0.25, 0.3) is 0 Å². The molecule has 0 heterocycles. The largest absolute Gasteiger partial charge is 0.464 e. The van der Waals surface area contributed by atoms with Crippen LogP contribution in [0.2, 0.25) is 0 Å². The molecule has 56 valence electrons. The molecule has 0 aliphatic heterocycles. The molecule has 0 aromatic carbocycles. The van der Waals surface area contributed by atoms with Crippen LogP contribution in [-0.2, 0) is 9.53 Å². The summed E-state index contributed by atoms with van der Waals surface area (Å²) in [5, 5.41) is 8.16. The number of carbonyl (C=O) groups is 1. The Morgan fingerprint density at radius 3 is 2.60 bits per heavy atom. The third-order valence-electron chi connectivity index (χ3n) is 0.890. The summed E-state index contributed by atoms with van der Waals surface area (Å²) in [6.07, 6.45) is 1.87. The highest BCUT2D eigenvalue weighted by atomic mass is 24.3. The second-order valence-corrected chi connectivity index (χ2v) is 1.73. The smallest absolute Gasteiger partial charge is 0.331 e. The number of rotatable bonds is 4. The van der Waals surface area contributed by atoms with E-state index in [0.717, 1.165) is 12.8 Å². The number of hydrogen-bond acceptors (Lipinski definition) is 3. The van der Waals surface area contributed by atoms with Crippen molar-refractivity contribution in [2.45, 2.75) is 19.8 Å². The molecule has 0 unspecified atom stereocenters. The summed E-state index contributed by atoms with van der Waals surface area (Å²) in [6.45, 7) is 1.92. The Bertz CT molecular complexity index is 85.1. The van der Waals surface area contributed by atoms with Gasteiger partial charge in [-0.1, -0.05) is 13.3 Å². The molecule has 0 spiro atoms. The van der Waals surface area contributed by atoms with Gasteiger partial charge in [-0.25, -0.2) is 4.79 Å². The van der Waals surface area contributed by atoms with Gasteiger partial charge in [0.05, 0.1) is 6.61 Å². The highest BCUT2D eigenvalue weighted by Gasteiger charge is 1.95. The number of unbranched alkanes of at least 4 members (excludes halogenated alkanes) is 1. The van der Waals surface area contributed by atoms with Gasteiger partial charge in [-0.05, 0) is 6.42 Å². The van der Waals surface area contributed by atoms with Crippen LogP contribution in [0.4, 0.5) is 0 Å². The van der Waals surface area contributed by atoms with Crippen LogP contribution in [0.5, 0.6) is 0 Å². The summed E-state index contributed by atoms with van der Waals surface area (Å²) < 4.78 is 4.54. The first kappa shape index (κ1) is 12.8. The Labute approximate surface area is 76.9 Å². The fourth-order valence-corrected chi connectivity index (χ4v) is 0.376. The van der Waals surface area contributed by atoms with E-state index >= 15 is 0 Å². The maximum absolute atomic E-state index is 10.2. The van der Waals surface area contributed by atoms with E-state index in [4.69, 9.17) is 5.11 Å². The number of aliphatic hydroxyl groups excluding tert-OH is 1. The lowest BCUT2D eigenvalue weighted by atomic mass is 10.4.